The molecule has 0 aromatic heterocycles. The van der Waals surface area contributed by atoms with Crippen LogP contribution in [0, 0.1) is 22.7 Å². The molecule has 0 saturated carbocycles. The molecule has 2 aromatic rings. The van der Waals surface area contributed by atoms with Crippen LogP contribution >= 0.6 is 7.82 Å². The molecule has 0 aliphatic carbocycles. The zero-order valence-corrected chi connectivity index (χ0v) is 12.6. The van der Waals surface area contributed by atoms with E-state index < -0.39 is 7.82 Å². The standard InChI is InChI=1S/C14H10N4.H3O4P/c15-8-10-5-6-11(9-16)13(7-10)12-3-1-2-4-14(12)18-17;1-5(2,3)4/h1-7,18H,17H2;(H3,1,2,3,4). The number of nitrogen functional groups attached to an aromatic ring is 1. The largest absolute Gasteiger partial charge is 0.466 e. The number of hydrazine groups is 1. The van der Waals surface area contributed by atoms with E-state index in [2.05, 4.69) is 17.6 Å². The Bertz CT molecular complexity index is 812. The lowest BCUT2D eigenvalue weighted by Crippen LogP contribution is -2.08. The molecule has 0 spiro atoms. The normalized spacial score (nSPS) is 9.83. The van der Waals surface area contributed by atoms with Crippen molar-refractivity contribution in [3.05, 3.63) is 53.6 Å². The molecule has 0 fully saturated rings. The Morgan fingerprint density at radius 2 is 1.61 bits per heavy atom. The van der Waals surface area contributed by atoms with Gasteiger partial charge in [-0.1, -0.05) is 18.2 Å². The van der Waals surface area contributed by atoms with Gasteiger partial charge in [-0.15, -0.1) is 0 Å². The van der Waals surface area contributed by atoms with Gasteiger partial charge < -0.3 is 20.1 Å². The molecule has 118 valence electrons. The van der Waals surface area contributed by atoms with Gasteiger partial charge in [0.05, 0.1) is 29.0 Å². The molecular formula is C14H13N4O4P. The lowest BCUT2D eigenvalue weighted by Gasteiger charge is -2.10. The van der Waals surface area contributed by atoms with Crippen molar-refractivity contribution in [2.75, 3.05) is 5.43 Å². The van der Waals surface area contributed by atoms with Gasteiger partial charge in [0.1, 0.15) is 0 Å². The van der Waals surface area contributed by atoms with Crippen LogP contribution in [0.2, 0.25) is 0 Å². The second kappa shape index (κ2) is 8.06. The summed E-state index contributed by atoms with van der Waals surface area (Å²) in [5.74, 6) is 5.45. The van der Waals surface area contributed by atoms with Gasteiger partial charge in [0.2, 0.25) is 0 Å². The predicted molar refractivity (Wildman–Crippen MR) is 83.4 cm³/mol. The van der Waals surface area contributed by atoms with Crippen LogP contribution in [-0.2, 0) is 4.57 Å². The Balaban J connectivity index is 0.000000463. The molecule has 0 aliphatic heterocycles. The maximum atomic E-state index is 9.12. The van der Waals surface area contributed by atoms with E-state index in [4.69, 9.17) is 35.6 Å². The SMILES string of the molecule is N#Cc1ccc(C#N)c(-c2ccccc2NN)c1.O=P(O)(O)O. The number of nitrogens with zero attached hydrogens (tertiary/aromatic N) is 2. The molecule has 0 heterocycles. The van der Waals surface area contributed by atoms with Gasteiger partial charge in [-0.2, -0.15) is 10.5 Å². The van der Waals surface area contributed by atoms with Crippen molar-refractivity contribution in [1.29, 1.82) is 10.5 Å². The van der Waals surface area contributed by atoms with Crippen LogP contribution < -0.4 is 11.3 Å². The van der Waals surface area contributed by atoms with Gasteiger partial charge in [-0.25, -0.2) is 4.57 Å². The quantitative estimate of drug-likeness (QED) is 0.313. The number of hydrogen-bond acceptors (Lipinski definition) is 5. The van der Waals surface area contributed by atoms with Crippen molar-refractivity contribution in [3.8, 4) is 23.3 Å². The zero-order chi connectivity index (χ0) is 17.5. The van der Waals surface area contributed by atoms with Crippen molar-refractivity contribution < 1.29 is 19.2 Å². The van der Waals surface area contributed by atoms with Gasteiger partial charge >= 0.3 is 7.82 Å². The smallest absolute Gasteiger partial charge is 0.324 e. The number of nitriles is 2. The summed E-state index contributed by atoms with van der Waals surface area (Å²) >= 11 is 0. The summed E-state index contributed by atoms with van der Waals surface area (Å²) in [5.41, 5.74) is 5.82. The highest BCUT2D eigenvalue weighted by Gasteiger charge is 2.09. The fraction of sp³-hybridized carbons (Fsp3) is 0. The number of benzene rings is 2. The minimum absolute atomic E-state index is 0.510. The molecule has 0 atom stereocenters. The van der Waals surface area contributed by atoms with Gasteiger partial charge in [-0.05, 0) is 24.3 Å². The number of nitrogens with two attached hydrogens (primary N) is 1. The molecule has 2 rings (SSSR count). The molecule has 23 heavy (non-hydrogen) atoms. The van der Waals surface area contributed by atoms with Crippen molar-refractivity contribution in [1.82, 2.24) is 0 Å². The number of nitrogens with one attached hydrogen (secondary N) is 1. The van der Waals surface area contributed by atoms with Crippen LogP contribution in [0.15, 0.2) is 42.5 Å². The van der Waals surface area contributed by atoms with E-state index in [0.717, 1.165) is 5.56 Å². The van der Waals surface area contributed by atoms with Crippen LogP contribution in [0.5, 0.6) is 0 Å². The molecule has 8 nitrogen and oxygen atoms in total. The number of para-hydroxylation sites is 1. The molecule has 0 radical (unpaired) electrons. The Kier molecular flexibility index (Phi) is 6.43. The molecule has 0 aliphatic rings. The molecule has 0 bridgehead atoms. The summed E-state index contributed by atoms with van der Waals surface area (Å²) in [6.07, 6.45) is 0. The van der Waals surface area contributed by atoms with Crippen molar-refractivity contribution in [3.63, 3.8) is 0 Å². The molecule has 0 unspecified atom stereocenters. The lowest BCUT2D eigenvalue weighted by molar-refractivity contribution is 0.275. The highest BCUT2D eigenvalue weighted by Crippen LogP contribution is 2.30. The van der Waals surface area contributed by atoms with Crippen molar-refractivity contribution >= 4 is 13.5 Å². The summed E-state index contributed by atoms with van der Waals surface area (Å²) in [7, 11) is -4.64. The minimum atomic E-state index is -4.64. The van der Waals surface area contributed by atoms with Crippen LogP contribution in [-0.4, -0.2) is 14.7 Å². The Hall–Kier alpha value is -2.71. The summed E-state index contributed by atoms with van der Waals surface area (Å²) < 4.78 is 8.88. The topological polar surface area (TPSA) is 163 Å². The summed E-state index contributed by atoms with van der Waals surface area (Å²) in [6, 6.07) is 16.5. The summed E-state index contributed by atoms with van der Waals surface area (Å²) in [6.45, 7) is 0. The molecule has 0 amide bonds. The molecule has 0 saturated heterocycles. The van der Waals surface area contributed by atoms with Crippen LogP contribution in [0.4, 0.5) is 5.69 Å². The Morgan fingerprint density at radius 3 is 2.13 bits per heavy atom. The Labute approximate surface area is 132 Å². The highest BCUT2D eigenvalue weighted by atomic mass is 31.2. The van der Waals surface area contributed by atoms with Crippen LogP contribution in [0.1, 0.15) is 11.1 Å². The second-order valence-corrected chi connectivity index (χ2v) is 5.21. The van der Waals surface area contributed by atoms with Gasteiger partial charge in [0.25, 0.3) is 0 Å². The first-order valence-corrected chi connectivity index (χ1v) is 7.65. The molecule has 6 N–H and O–H groups in total. The van der Waals surface area contributed by atoms with E-state index in [-0.39, 0.29) is 0 Å². The maximum absolute atomic E-state index is 9.12. The zero-order valence-electron chi connectivity index (χ0n) is 11.7. The van der Waals surface area contributed by atoms with Crippen LogP contribution in [0.3, 0.4) is 0 Å². The number of phosphoric acid groups is 1. The first kappa shape index (κ1) is 18.3. The average Bonchev–Trinajstić information content (AvgIpc) is 2.52. The second-order valence-electron chi connectivity index (χ2n) is 4.19. The van der Waals surface area contributed by atoms with E-state index >= 15 is 0 Å². The fourth-order valence-corrected chi connectivity index (χ4v) is 1.78. The predicted octanol–water partition coefficient (Wildman–Crippen LogP) is 1.45. The monoisotopic (exact) mass is 332 g/mol. The first-order valence-electron chi connectivity index (χ1n) is 6.08. The van der Waals surface area contributed by atoms with E-state index in [9.17, 15) is 0 Å². The third-order valence-electron chi connectivity index (χ3n) is 2.64. The van der Waals surface area contributed by atoms with E-state index in [0.29, 0.717) is 22.4 Å². The Morgan fingerprint density at radius 1 is 1.00 bits per heavy atom. The van der Waals surface area contributed by atoms with Crippen molar-refractivity contribution in [2.24, 2.45) is 5.84 Å². The number of rotatable bonds is 2. The molecule has 9 heteroatoms. The van der Waals surface area contributed by atoms with E-state index in [1.807, 2.05) is 24.3 Å². The number of hydrogen-bond donors (Lipinski definition) is 5. The van der Waals surface area contributed by atoms with Gasteiger partial charge in [0, 0.05) is 11.1 Å². The van der Waals surface area contributed by atoms with Gasteiger partial charge in [-0.3, -0.25) is 5.84 Å². The first-order chi connectivity index (χ1) is 10.8. The third kappa shape index (κ3) is 5.89. The molecule has 2 aromatic carbocycles. The van der Waals surface area contributed by atoms with Gasteiger partial charge in [0.15, 0.2) is 0 Å². The third-order valence-corrected chi connectivity index (χ3v) is 2.64. The maximum Gasteiger partial charge on any atom is 0.466 e. The van der Waals surface area contributed by atoms with E-state index in [1.54, 1.807) is 18.2 Å². The average molecular weight is 332 g/mol. The van der Waals surface area contributed by atoms with Crippen LogP contribution in [0.25, 0.3) is 11.1 Å². The lowest BCUT2D eigenvalue weighted by atomic mass is 9.97. The summed E-state index contributed by atoms with van der Waals surface area (Å²) in [5, 5.41) is 18.0. The summed E-state index contributed by atoms with van der Waals surface area (Å²) in [4.78, 5) is 21.6. The number of anilines is 1. The minimum Gasteiger partial charge on any atom is -0.324 e. The molecular weight excluding hydrogens is 319 g/mol. The van der Waals surface area contributed by atoms with Crippen molar-refractivity contribution in [2.45, 2.75) is 0 Å². The highest BCUT2D eigenvalue weighted by molar-refractivity contribution is 7.45. The fourth-order valence-electron chi connectivity index (χ4n) is 1.78. The van der Waals surface area contributed by atoms with E-state index in [1.165, 1.54) is 0 Å².